The first-order valence-electron chi connectivity index (χ1n) is 11.5. The molecule has 0 saturated heterocycles. The maximum absolute atomic E-state index is 13.5. The second kappa shape index (κ2) is 9.14. The zero-order valence-electron chi connectivity index (χ0n) is 18.5. The van der Waals surface area contributed by atoms with Crippen LogP contribution in [-0.2, 0) is 16.0 Å². The van der Waals surface area contributed by atoms with Gasteiger partial charge in [-0.1, -0.05) is 12.1 Å². The minimum absolute atomic E-state index is 0.0186. The molecule has 1 aromatic heterocycles. The van der Waals surface area contributed by atoms with Crippen molar-refractivity contribution in [3.63, 3.8) is 0 Å². The summed E-state index contributed by atoms with van der Waals surface area (Å²) in [5.74, 6) is 2.24. The molecule has 1 aliphatic heterocycles. The maximum Gasteiger partial charge on any atom is 0.242 e. The van der Waals surface area contributed by atoms with Gasteiger partial charge >= 0.3 is 0 Å². The topological polar surface area (TPSA) is 59.1 Å². The number of carbonyl (C=O) groups is 2. The highest BCUT2D eigenvalue weighted by Crippen LogP contribution is 2.37. The van der Waals surface area contributed by atoms with Crippen LogP contribution >= 0.6 is 11.3 Å². The van der Waals surface area contributed by atoms with Gasteiger partial charge in [0.1, 0.15) is 6.61 Å². The average Bonchev–Trinajstić information content (AvgIpc) is 3.75. The van der Waals surface area contributed by atoms with Crippen molar-refractivity contribution in [2.75, 3.05) is 33.4 Å². The van der Waals surface area contributed by atoms with Crippen LogP contribution in [0.1, 0.15) is 42.2 Å². The molecule has 2 aromatic rings. The fourth-order valence-electron chi connectivity index (χ4n) is 4.47. The highest BCUT2D eigenvalue weighted by molar-refractivity contribution is 7.10. The van der Waals surface area contributed by atoms with Crippen molar-refractivity contribution < 1.29 is 19.1 Å². The van der Waals surface area contributed by atoms with Crippen LogP contribution in [-0.4, -0.2) is 55.0 Å². The molecule has 2 saturated carbocycles. The van der Waals surface area contributed by atoms with Crippen molar-refractivity contribution in [3.05, 3.63) is 46.2 Å². The number of ether oxygens (including phenoxy) is 2. The quantitative estimate of drug-likeness (QED) is 0.577. The zero-order valence-corrected chi connectivity index (χ0v) is 19.3. The Morgan fingerprint density at radius 3 is 2.62 bits per heavy atom. The Morgan fingerprint density at radius 2 is 1.91 bits per heavy atom. The van der Waals surface area contributed by atoms with Crippen LogP contribution in [0.4, 0.5) is 0 Å². The molecule has 0 radical (unpaired) electrons. The Morgan fingerprint density at radius 1 is 1.12 bits per heavy atom. The van der Waals surface area contributed by atoms with Gasteiger partial charge in [-0.3, -0.25) is 9.59 Å². The van der Waals surface area contributed by atoms with Crippen LogP contribution in [0.2, 0.25) is 0 Å². The van der Waals surface area contributed by atoms with Gasteiger partial charge in [0.2, 0.25) is 11.8 Å². The molecule has 0 spiro atoms. The van der Waals surface area contributed by atoms with Crippen molar-refractivity contribution in [2.45, 2.75) is 38.1 Å². The van der Waals surface area contributed by atoms with E-state index in [-0.39, 0.29) is 30.3 Å². The lowest BCUT2D eigenvalue weighted by molar-refractivity contribution is -0.143. The van der Waals surface area contributed by atoms with Crippen LogP contribution in [0, 0.1) is 11.8 Å². The first-order chi connectivity index (χ1) is 15.6. The van der Waals surface area contributed by atoms with E-state index < -0.39 is 0 Å². The molecule has 2 amide bonds. The second-order valence-corrected chi connectivity index (χ2v) is 10.1. The van der Waals surface area contributed by atoms with E-state index in [1.54, 1.807) is 18.4 Å². The summed E-state index contributed by atoms with van der Waals surface area (Å²) < 4.78 is 11.6. The Hall–Kier alpha value is -2.54. The Labute approximate surface area is 193 Å². The van der Waals surface area contributed by atoms with Gasteiger partial charge in [0, 0.05) is 23.9 Å². The summed E-state index contributed by atoms with van der Waals surface area (Å²) in [6, 6.07) is 9.51. The highest BCUT2D eigenvalue weighted by Gasteiger charge is 2.39. The number of benzene rings is 1. The van der Waals surface area contributed by atoms with Crippen molar-refractivity contribution in [2.24, 2.45) is 11.8 Å². The van der Waals surface area contributed by atoms with E-state index in [1.165, 1.54) is 17.7 Å². The highest BCUT2D eigenvalue weighted by atomic mass is 32.1. The van der Waals surface area contributed by atoms with Crippen LogP contribution in [0.5, 0.6) is 11.5 Å². The standard InChI is InChI=1S/C25H30N2O4S/c1-30-21-4-2-3-5-22(21)31-16-20-19-11-13-32-23(19)10-12-27(20)24(28)15-26(14-17-6-7-17)25(29)18-8-9-18/h2-5,11,13,17-18,20H,6-10,12,14-16H2,1H3/t20-/m0/s1. The predicted octanol–water partition coefficient (Wildman–Crippen LogP) is 3.91. The third-order valence-electron chi connectivity index (χ3n) is 6.62. The fraction of sp³-hybridized carbons (Fsp3) is 0.520. The van der Waals surface area contributed by atoms with E-state index in [2.05, 4.69) is 11.4 Å². The van der Waals surface area contributed by atoms with Crippen molar-refractivity contribution in [3.8, 4) is 11.5 Å². The van der Waals surface area contributed by atoms with Gasteiger partial charge in [-0.15, -0.1) is 11.3 Å². The molecule has 3 aliphatic rings. The van der Waals surface area contributed by atoms with Gasteiger partial charge in [-0.05, 0) is 67.2 Å². The SMILES string of the molecule is COc1ccccc1OC[C@H]1c2ccsc2CCN1C(=O)CN(CC1CC1)C(=O)C1CC1. The van der Waals surface area contributed by atoms with Crippen LogP contribution in [0.15, 0.2) is 35.7 Å². The summed E-state index contributed by atoms with van der Waals surface area (Å²) in [5.41, 5.74) is 1.16. The lowest BCUT2D eigenvalue weighted by Crippen LogP contribution is -2.48. The van der Waals surface area contributed by atoms with E-state index in [0.717, 1.165) is 31.4 Å². The van der Waals surface area contributed by atoms with E-state index in [0.29, 0.717) is 30.6 Å². The van der Waals surface area contributed by atoms with E-state index in [1.807, 2.05) is 34.1 Å². The lowest BCUT2D eigenvalue weighted by Gasteiger charge is -2.37. The molecule has 1 aromatic carbocycles. The number of hydrogen-bond acceptors (Lipinski definition) is 5. The van der Waals surface area contributed by atoms with Crippen LogP contribution in [0.3, 0.4) is 0 Å². The number of hydrogen-bond donors (Lipinski definition) is 0. The molecular formula is C25H30N2O4S. The molecule has 6 nitrogen and oxygen atoms in total. The summed E-state index contributed by atoms with van der Waals surface area (Å²) in [5, 5.41) is 2.09. The summed E-state index contributed by atoms with van der Waals surface area (Å²) in [6.07, 6.45) is 5.11. The maximum atomic E-state index is 13.5. The molecule has 5 rings (SSSR count). The summed E-state index contributed by atoms with van der Waals surface area (Å²) >= 11 is 1.74. The number of para-hydroxylation sites is 2. The van der Waals surface area contributed by atoms with E-state index >= 15 is 0 Å². The number of methoxy groups -OCH3 is 1. The first kappa shape index (κ1) is 21.3. The molecule has 0 N–H and O–H groups in total. The molecule has 7 heteroatoms. The van der Waals surface area contributed by atoms with Crippen molar-refractivity contribution >= 4 is 23.2 Å². The average molecular weight is 455 g/mol. The molecule has 170 valence electrons. The summed E-state index contributed by atoms with van der Waals surface area (Å²) in [6.45, 7) is 1.91. The smallest absolute Gasteiger partial charge is 0.242 e. The van der Waals surface area contributed by atoms with E-state index in [9.17, 15) is 9.59 Å². The predicted molar refractivity (Wildman–Crippen MR) is 123 cm³/mol. The van der Waals surface area contributed by atoms with Gasteiger partial charge in [0.05, 0.1) is 19.7 Å². The Balaban J connectivity index is 1.32. The molecule has 0 unspecified atom stereocenters. The minimum Gasteiger partial charge on any atom is -0.493 e. The van der Waals surface area contributed by atoms with E-state index in [4.69, 9.17) is 9.47 Å². The zero-order chi connectivity index (χ0) is 22.1. The van der Waals surface area contributed by atoms with Crippen molar-refractivity contribution in [1.29, 1.82) is 0 Å². The first-order valence-corrected chi connectivity index (χ1v) is 12.4. The molecule has 32 heavy (non-hydrogen) atoms. The van der Waals surface area contributed by atoms with Gasteiger partial charge in [-0.25, -0.2) is 0 Å². The molecule has 2 heterocycles. The largest absolute Gasteiger partial charge is 0.493 e. The monoisotopic (exact) mass is 454 g/mol. The number of carbonyl (C=O) groups excluding carboxylic acids is 2. The second-order valence-electron chi connectivity index (χ2n) is 9.05. The van der Waals surface area contributed by atoms with Gasteiger partial charge in [-0.2, -0.15) is 0 Å². The number of rotatable bonds is 9. The third-order valence-corrected chi connectivity index (χ3v) is 7.62. The molecule has 2 aliphatic carbocycles. The summed E-state index contributed by atoms with van der Waals surface area (Å²) in [7, 11) is 1.63. The fourth-order valence-corrected chi connectivity index (χ4v) is 5.40. The summed E-state index contributed by atoms with van der Waals surface area (Å²) in [4.78, 5) is 31.4. The molecule has 0 bridgehead atoms. The minimum atomic E-state index is -0.166. The van der Waals surface area contributed by atoms with Gasteiger partial charge in [0.15, 0.2) is 11.5 Å². The van der Waals surface area contributed by atoms with Crippen LogP contribution in [0.25, 0.3) is 0 Å². The molecular weight excluding hydrogens is 424 g/mol. The Kier molecular flexibility index (Phi) is 6.09. The van der Waals surface area contributed by atoms with Gasteiger partial charge < -0.3 is 19.3 Å². The number of nitrogens with zero attached hydrogens (tertiary/aromatic N) is 2. The number of fused-ring (bicyclic) bond motifs is 1. The molecule has 2 fully saturated rings. The van der Waals surface area contributed by atoms with Gasteiger partial charge in [0.25, 0.3) is 0 Å². The molecule has 1 atom stereocenters. The normalized spacial score (nSPS) is 19.9. The van der Waals surface area contributed by atoms with Crippen LogP contribution < -0.4 is 9.47 Å². The third kappa shape index (κ3) is 4.63. The number of thiophene rings is 1. The Bertz CT molecular complexity index is 982. The lowest BCUT2D eigenvalue weighted by atomic mass is 10.0. The number of amides is 2. The van der Waals surface area contributed by atoms with Crippen molar-refractivity contribution in [1.82, 2.24) is 9.80 Å².